The Bertz CT molecular complexity index is 636. The van der Waals surface area contributed by atoms with E-state index in [9.17, 15) is 4.79 Å². The zero-order valence-electron chi connectivity index (χ0n) is 12.3. The van der Waals surface area contributed by atoms with Crippen LogP contribution in [0.3, 0.4) is 0 Å². The van der Waals surface area contributed by atoms with Crippen LogP contribution in [0.25, 0.3) is 0 Å². The summed E-state index contributed by atoms with van der Waals surface area (Å²) in [4.78, 5) is 11.4. The standard InChI is InChI=1S/C17H20N2O2/c1-3-11(2)12-7-9-13(10-8-12)21-16-14(17(19)20)5-4-6-15(16)18/h4-11H,3,18H2,1-2H3,(H2,19,20). The molecule has 110 valence electrons. The van der Waals surface area contributed by atoms with E-state index in [1.807, 2.05) is 24.3 Å². The molecule has 4 heteroatoms. The third-order valence-electron chi connectivity index (χ3n) is 3.59. The number of amides is 1. The van der Waals surface area contributed by atoms with Gasteiger partial charge >= 0.3 is 0 Å². The molecule has 0 bridgehead atoms. The highest BCUT2D eigenvalue weighted by molar-refractivity contribution is 5.97. The minimum Gasteiger partial charge on any atom is -0.454 e. The summed E-state index contributed by atoms with van der Waals surface area (Å²) in [7, 11) is 0. The quantitative estimate of drug-likeness (QED) is 0.822. The van der Waals surface area contributed by atoms with Crippen LogP contribution < -0.4 is 16.2 Å². The number of rotatable bonds is 5. The first-order valence-electron chi connectivity index (χ1n) is 6.99. The molecule has 4 N–H and O–H groups in total. The summed E-state index contributed by atoms with van der Waals surface area (Å²) in [6, 6.07) is 12.7. The molecule has 0 aromatic heterocycles. The molecule has 0 radical (unpaired) electrons. The smallest absolute Gasteiger partial charge is 0.252 e. The molecule has 0 heterocycles. The van der Waals surface area contributed by atoms with Gasteiger partial charge in [-0.2, -0.15) is 0 Å². The zero-order chi connectivity index (χ0) is 15.4. The van der Waals surface area contributed by atoms with Gasteiger partial charge in [-0.25, -0.2) is 0 Å². The predicted octanol–water partition coefficient (Wildman–Crippen LogP) is 3.67. The summed E-state index contributed by atoms with van der Waals surface area (Å²) in [6.07, 6.45) is 1.08. The van der Waals surface area contributed by atoms with Crippen LogP contribution in [0.15, 0.2) is 42.5 Å². The van der Waals surface area contributed by atoms with E-state index in [-0.39, 0.29) is 5.56 Å². The summed E-state index contributed by atoms with van der Waals surface area (Å²) < 4.78 is 5.74. The van der Waals surface area contributed by atoms with Crippen molar-refractivity contribution in [3.05, 3.63) is 53.6 Å². The second-order valence-electron chi connectivity index (χ2n) is 5.07. The van der Waals surface area contributed by atoms with Gasteiger partial charge in [-0.05, 0) is 42.2 Å². The number of hydrogen-bond acceptors (Lipinski definition) is 3. The van der Waals surface area contributed by atoms with Gasteiger partial charge in [0.05, 0.1) is 11.3 Å². The molecule has 0 saturated heterocycles. The summed E-state index contributed by atoms with van der Waals surface area (Å²) in [6.45, 7) is 4.33. The van der Waals surface area contributed by atoms with Crippen molar-refractivity contribution < 1.29 is 9.53 Å². The number of para-hydroxylation sites is 1. The van der Waals surface area contributed by atoms with Gasteiger partial charge in [-0.1, -0.05) is 32.0 Å². The van der Waals surface area contributed by atoms with Gasteiger partial charge in [0.1, 0.15) is 5.75 Å². The Morgan fingerprint density at radius 1 is 1.19 bits per heavy atom. The van der Waals surface area contributed by atoms with Crippen molar-refractivity contribution in [2.24, 2.45) is 5.73 Å². The van der Waals surface area contributed by atoms with Crippen molar-refractivity contribution in [1.29, 1.82) is 0 Å². The molecular formula is C17H20N2O2. The molecule has 21 heavy (non-hydrogen) atoms. The highest BCUT2D eigenvalue weighted by atomic mass is 16.5. The number of nitrogens with two attached hydrogens (primary N) is 2. The Morgan fingerprint density at radius 3 is 2.43 bits per heavy atom. The van der Waals surface area contributed by atoms with Crippen LogP contribution in [0, 0.1) is 0 Å². The molecule has 2 aromatic carbocycles. The van der Waals surface area contributed by atoms with E-state index in [0.717, 1.165) is 6.42 Å². The molecule has 0 aliphatic rings. The fourth-order valence-corrected chi connectivity index (χ4v) is 2.08. The Hall–Kier alpha value is -2.49. The molecule has 1 unspecified atom stereocenters. The Morgan fingerprint density at radius 2 is 1.86 bits per heavy atom. The van der Waals surface area contributed by atoms with Crippen LogP contribution >= 0.6 is 0 Å². The monoisotopic (exact) mass is 284 g/mol. The highest BCUT2D eigenvalue weighted by Crippen LogP contribution is 2.32. The molecule has 0 saturated carbocycles. The molecule has 0 aliphatic heterocycles. The van der Waals surface area contributed by atoms with Crippen LogP contribution in [0.4, 0.5) is 5.69 Å². The number of nitrogen functional groups attached to an aromatic ring is 1. The number of hydrogen-bond donors (Lipinski definition) is 2. The van der Waals surface area contributed by atoms with E-state index in [1.165, 1.54) is 5.56 Å². The zero-order valence-corrected chi connectivity index (χ0v) is 12.3. The van der Waals surface area contributed by atoms with Crippen molar-refractivity contribution in [3.63, 3.8) is 0 Å². The average molecular weight is 284 g/mol. The summed E-state index contributed by atoms with van der Waals surface area (Å²) in [5, 5.41) is 0. The molecule has 1 amide bonds. The molecule has 0 aliphatic carbocycles. The van der Waals surface area contributed by atoms with E-state index in [0.29, 0.717) is 23.1 Å². The SMILES string of the molecule is CCC(C)c1ccc(Oc2c(N)cccc2C(N)=O)cc1. The molecule has 1 atom stereocenters. The van der Waals surface area contributed by atoms with Crippen molar-refractivity contribution in [2.75, 3.05) is 5.73 Å². The Kier molecular flexibility index (Phi) is 4.48. The first kappa shape index (κ1) is 14.9. The van der Waals surface area contributed by atoms with Crippen molar-refractivity contribution in [2.45, 2.75) is 26.2 Å². The third-order valence-corrected chi connectivity index (χ3v) is 3.59. The Balaban J connectivity index is 2.28. The maximum absolute atomic E-state index is 11.4. The second-order valence-corrected chi connectivity index (χ2v) is 5.07. The molecular weight excluding hydrogens is 264 g/mol. The van der Waals surface area contributed by atoms with Crippen LogP contribution in [0.5, 0.6) is 11.5 Å². The predicted molar refractivity (Wildman–Crippen MR) is 84.6 cm³/mol. The average Bonchev–Trinajstić information content (AvgIpc) is 2.49. The minimum atomic E-state index is -0.562. The molecule has 4 nitrogen and oxygen atoms in total. The first-order valence-corrected chi connectivity index (χ1v) is 6.99. The Labute approximate surface area is 124 Å². The number of benzene rings is 2. The fourth-order valence-electron chi connectivity index (χ4n) is 2.08. The lowest BCUT2D eigenvalue weighted by molar-refractivity contribution is 0.0998. The normalized spacial score (nSPS) is 11.9. The molecule has 2 rings (SSSR count). The molecule has 0 fully saturated rings. The lowest BCUT2D eigenvalue weighted by Gasteiger charge is -2.13. The third kappa shape index (κ3) is 3.34. The number of anilines is 1. The summed E-state index contributed by atoms with van der Waals surface area (Å²) in [5.41, 5.74) is 13.1. The molecule has 2 aromatic rings. The largest absolute Gasteiger partial charge is 0.454 e. The second kappa shape index (κ2) is 6.31. The van der Waals surface area contributed by atoms with E-state index in [1.54, 1.807) is 18.2 Å². The topological polar surface area (TPSA) is 78.3 Å². The number of carbonyl (C=O) groups is 1. The fraction of sp³-hybridized carbons (Fsp3) is 0.235. The van der Waals surface area contributed by atoms with Crippen LogP contribution in [0.2, 0.25) is 0 Å². The maximum Gasteiger partial charge on any atom is 0.252 e. The van der Waals surface area contributed by atoms with Gasteiger partial charge in [0.25, 0.3) is 5.91 Å². The van der Waals surface area contributed by atoms with Gasteiger partial charge in [0.2, 0.25) is 0 Å². The highest BCUT2D eigenvalue weighted by Gasteiger charge is 2.13. The van der Waals surface area contributed by atoms with Crippen molar-refractivity contribution in [3.8, 4) is 11.5 Å². The van der Waals surface area contributed by atoms with Crippen molar-refractivity contribution >= 4 is 11.6 Å². The summed E-state index contributed by atoms with van der Waals surface area (Å²) in [5.74, 6) is 0.874. The van der Waals surface area contributed by atoms with Gasteiger partial charge in [-0.15, -0.1) is 0 Å². The van der Waals surface area contributed by atoms with Gasteiger partial charge in [0.15, 0.2) is 5.75 Å². The number of carbonyl (C=O) groups excluding carboxylic acids is 1. The first-order chi connectivity index (χ1) is 10.0. The lowest BCUT2D eigenvalue weighted by Crippen LogP contribution is -2.13. The minimum absolute atomic E-state index is 0.279. The maximum atomic E-state index is 11.4. The van der Waals surface area contributed by atoms with Crippen LogP contribution in [-0.4, -0.2) is 5.91 Å². The number of ether oxygens (including phenoxy) is 1. The van der Waals surface area contributed by atoms with E-state index >= 15 is 0 Å². The van der Waals surface area contributed by atoms with Gasteiger partial charge in [-0.3, -0.25) is 4.79 Å². The summed E-state index contributed by atoms with van der Waals surface area (Å²) >= 11 is 0. The van der Waals surface area contributed by atoms with Gasteiger partial charge in [0, 0.05) is 0 Å². The van der Waals surface area contributed by atoms with E-state index in [2.05, 4.69) is 13.8 Å². The van der Waals surface area contributed by atoms with Crippen molar-refractivity contribution in [1.82, 2.24) is 0 Å². The van der Waals surface area contributed by atoms with E-state index in [4.69, 9.17) is 16.2 Å². The van der Waals surface area contributed by atoms with E-state index < -0.39 is 5.91 Å². The lowest BCUT2D eigenvalue weighted by atomic mass is 9.99. The van der Waals surface area contributed by atoms with Crippen LogP contribution in [0.1, 0.15) is 42.1 Å². The molecule has 0 spiro atoms. The van der Waals surface area contributed by atoms with Crippen LogP contribution in [-0.2, 0) is 0 Å². The number of primary amides is 1. The van der Waals surface area contributed by atoms with Gasteiger partial charge < -0.3 is 16.2 Å².